The number of aryl methyl sites for hydroxylation is 1. The lowest BCUT2D eigenvalue weighted by Gasteiger charge is -2.18. The van der Waals surface area contributed by atoms with Crippen molar-refractivity contribution in [1.82, 2.24) is 4.57 Å². The second-order valence-electron chi connectivity index (χ2n) is 4.73. The van der Waals surface area contributed by atoms with E-state index in [4.69, 9.17) is 0 Å². The summed E-state index contributed by atoms with van der Waals surface area (Å²) in [6, 6.07) is 12.0. The fourth-order valence-electron chi connectivity index (χ4n) is 2.20. The average molecular weight is 229 g/mol. The van der Waals surface area contributed by atoms with Gasteiger partial charge in [-0.3, -0.25) is 0 Å². The van der Waals surface area contributed by atoms with Gasteiger partial charge in [-0.15, -0.1) is 0 Å². The predicted molar refractivity (Wildman–Crippen MR) is 70.0 cm³/mol. The molecule has 1 N–H and O–H groups in total. The fourth-order valence-corrected chi connectivity index (χ4v) is 2.20. The van der Waals surface area contributed by atoms with E-state index in [0.29, 0.717) is 5.92 Å². The predicted octanol–water partition coefficient (Wildman–Crippen LogP) is 3.23. The van der Waals surface area contributed by atoms with Crippen LogP contribution in [0.25, 0.3) is 0 Å². The molecule has 0 aliphatic carbocycles. The molecule has 0 aliphatic heterocycles. The molecule has 1 heterocycles. The van der Waals surface area contributed by atoms with Crippen LogP contribution in [-0.4, -0.2) is 9.67 Å². The summed E-state index contributed by atoms with van der Waals surface area (Å²) < 4.78 is 1.96. The lowest BCUT2D eigenvalue weighted by molar-refractivity contribution is 0.210. The van der Waals surface area contributed by atoms with E-state index >= 15 is 0 Å². The van der Waals surface area contributed by atoms with Crippen LogP contribution in [0.3, 0.4) is 0 Å². The standard InChI is InChI=1S/C15H19NO/c1-11(2)12-7-4-5-8-13(12)15(17)14-9-6-10-16(14)3/h4-11,15,17H,1-3H3/t15-/m0/s1. The molecule has 0 bridgehead atoms. The highest BCUT2D eigenvalue weighted by atomic mass is 16.3. The minimum Gasteiger partial charge on any atom is -0.382 e. The second kappa shape index (κ2) is 4.76. The zero-order valence-electron chi connectivity index (χ0n) is 10.6. The van der Waals surface area contributed by atoms with Crippen molar-refractivity contribution in [2.75, 3.05) is 0 Å². The molecule has 0 saturated heterocycles. The summed E-state index contributed by atoms with van der Waals surface area (Å²) in [7, 11) is 1.95. The molecule has 2 heteroatoms. The number of aliphatic hydroxyl groups is 1. The van der Waals surface area contributed by atoms with Gasteiger partial charge in [-0.1, -0.05) is 38.1 Å². The minimum atomic E-state index is -0.548. The van der Waals surface area contributed by atoms with Crippen molar-refractivity contribution in [3.05, 3.63) is 59.4 Å². The van der Waals surface area contributed by atoms with Crippen molar-refractivity contribution in [1.29, 1.82) is 0 Å². The minimum absolute atomic E-state index is 0.418. The highest BCUT2D eigenvalue weighted by Crippen LogP contribution is 2.29. The largest absolute Gasteiger partial charge is 0.382 e. The summed E-state index contributed by atoms with van der Waals surface area (Å²) in [5.74, 6) is 0.418. The molecule has 0 aliphatic rings. The van der Waals surface area contributed by atoms with E-state index < -0.39 is 6.10 Å². The van der Waals surface area contributed by atoms with E-state index in [-0.39, 0.29) is 0 Å². The molecule has 90 valence electrons. The Morgan fingerprint density at radius 3 is 2.18 bits per heavy atom. The summed E-state index contributed by atoms with van der Waals surface area (Å²) >= 11 is 0. The molecule has 2 nitrogen and oxygen atoms in total. The molecular weight excluding hydrogens is 210 g/mol. The number of aromatic nitrogens is 1. The molecule has 0 radical (unpaired) electrons. The van der Waals surface area contributed by atoms with Crippen LogP contribution in [0.5, 0.6) is 0 Å². The molecule has 0 amide bonds. The Bertz CT molecular complexity index is 499. The van der Waals surface area contributed by atoms with Crippen LogP contribution in [-0.2, 0) is 7.05 Å². The SMILES string of the molecule is CC(C)c1ccccc1[C@H](O)c1cccn1C. The molecule has 0 saturated carbocycles. The Morgan fingerprint density at radius 2 is 1.65 bits per heavy atom. The van der Waals surface area contributed by atoms with E-state index in [0.717, 1.165) is 11.3 Å². The Hall–Kier alpha value is -1.54. The van der Waals surface area contributed by atoms with Crippen molar-refractivity contribution in [3.8, 4) is 0 Å². The highest BCUT2D eigenvalue weighted by Gasteiger charge is 2.17. The molecule has 2 aromatic rings. The molecule has 0 spiro atoms. The quantitative estimate of drug-likeness (QED) is 0.858. The Morgan fingerprint density at radius 1 is 1.00 bits per heavy atom. The Balaban J connectivity index is 2.44. The Labute approximate surface area is 103 Å². The topological polar surface area (TPSA) is 25.2 Å². The van der Waals surface area contributed by atoms with Crippen LogP contribution >= 0.6 is 0 Å². The highest BCUT2D eigenvalue weighted by molar-refractivity contribution is 5.35. The average Bonchev–Trinajstić information content (AvgIpc) is 2.74. The normalized spacial score (nSPS) is 13.0. The first-order chi connectivity index (χ1) is 8.11. The van der Waals surface area contributed by atoms with Gasteiger partial charge in [0.1, 0.15) is 6.10 Å². The second-order valence-corrected chi connectivity index (χ2v) is 4.73. The van der Waals surface area contributed by atoms with Gasteiger partial charge in [-0.2, -0.15) is 0 Å². The number of aliphatic hydroxyl groups excluding tert-OH is 1. The van der Waals surface area contributed by atoms with Gasteiger partial charge in [0.05, 0.1) is 5.69 Å². The van der Waals surface area contributed by atoms with Crippen LogP contribution in [0.4, 0.5) is 0 Å². The zero-order chi connectivity index (χ0) is 12.4. The summed E-state index contributed by atoms with van der Waals surface area (Å²) in [6.45, 7) is 4.30. The smallest absolute Gasteiger partial charge is 0.119 e. The first-order valence-electron chi connectivity index (χ1n) is 5.99. The van der Waals surface area contributed by atoms with Crippen molar-refractivity contribution < 1.29 is 5.11 Å². The Kier molecular flexibility index (Phi) is 3.34. The van der Waals surface area contributed by atoms with Gasteiger partial charge in [0.2, 0.25) is 0 Å². The van der Waals surface area contributed by atoms with Gasteiger partial charge < -0.3 is 9.67 Å². The molecule has 2 rings (SSSR count). The molecule has 17 heavy (non-hydrogen) atoms. The molecule has 1 atom stereocenters. The first-order valence-corrected chi connectivity index (χ1v) is 5.99. The number of hydrogen-bond donors (Lipinski definition) is 1. The summed E-state index contributed by atoms with van der Waals surface area (Å²) in [5, 5.41) is 10.5. The zero-order valence-corrected chi connectivity index (χ0v) is 10.6. The summed E-state index contributed by atoms with van der Waals surface area (Å²) in [6.07, 6.45) is 1.41. The maximum absolute atomic E-state index is 10.5. The third-order valence-electron chi connectivity index (χ3n) is 3.18. The number of hydrogen-bond acceptors (Lipinski definition) is 1. The summed E-state index contributed by atoms with van der Waals surface area (Å²) in [4.78, 5) is 0. The van der Waals surface area contributed by atoms with E-state index in [2.05, 4.69) is 19.9 Å². The van der Waals surface area contributed by atoms with Crippen molar-refractivity contribution in [2.24, 2.45) is 7.05 Å². The molecule has 1 aromatic heterocycles. The third kappa shape index (κ3) is 2.27. The first kappa shape index (κ1) is 11.9. The monoisotopic (exact) mass is 229 g/mol. The van der Waals surface area contributed by atoms with Crippen molar-refractivity contribution in [3.63, 3.8) is 0 Å². The maximum Gasteiger partial charge on any atom is 0.119 e. The van der Waals surface area contributed by atoms with E-state index in [1.54, 1.807) is 0 Å². The van der Waals surface area contributed by atoms with Crippen molar-refractivity contribution >= 4 is 0 Å². The van der Waals surface area contributed by atoms with Gasteiger partial charge in [-0.25, -0.2) is 0 Å². The van der Waals surface area contributed by atoms with E-state index in [9.17, 15) is 5.11 Å². The van der Waals surface area contributed by atoms with Crippen LogP contribution in [0.2, 0.25) is 0 Å². The van der Waals surface area contributed by atoms with Crippen LogP contribution in [0, 0.1) is 0 Å². The fraction of sp³-hybridized carbons (Fsp3) is 0.333. The number of nitrogens with zero attached hydrogens (tertiary/aromatic N) is 1. The van der Waals surface area contributed by atoms with Crippen LogP contribution < -0.4 is 0 Å². The van der Waals surface area contributed by atoms with E-state index in [1.807, 2.05) is 48.1 Å². The number of benzene rings is 1. The lowest BCUT2D eigenvalue weighted by Crippen LogP contribution is -2.08. The van der Waals surface area contributed by atoms with Crippen molar-refractivity contribution in [2.45, 2.75) is 25.9 Å². The van der Waals surface area contributed by atoms with Gasteiger partial charge in [0, 0.05) is 13.2 Å². The van der Waals surface area contributed by atoms with Gasteiger partial charge >= 0.3 is 0 Å². The number of rotatable bonds is 3. The molecular formula is C15H19NO. The van der Waals surface area contributed by atoms with E-state index in [1.165, 1.54) is 5.56 Å². The van der Waals surface area contributed by atoms with Gasteiger partial charge in [-0.05, 0) is 29.2 Å². The van der Waals surface area contributed by atoms with Gasteiger partial charge in [0.25, 0.3) is 0 Å². The molecule has 0 unspecified atom stereocenters. The van der Waals surface area contributed by atoms with Crippen LogP contribution in [0.15, 0.2) is 42.6 Å². The van der Waals surface area contributed by atoms with Gasteiger partial charge in [0.15, 0.2) is 0 Å². The third-order valence-corrected chi connectivity index (χ3v) is 3.18. The summed E-state index contributed by atoms with van der Waals surface area (Å²) in [5.41, 5.74) is 3.14. The lowest BCUT2D eigenvalue weighted by atomic mass is 9.93. The maximum atomic E-state index is 10.5. The van der Waals surface area contributed by atoms with Crippen LogP contribution in [0.1, 0.15) is 42.7 Å². The molecule has 1 aromatic carbocycles. The molecule has 0 fully saturated rings.